The van der Waals surface area contributed by atoms with E-state index in [0.29, 0.717) is 24.1 Å². The Bertz CT molecular complexity index is 962. The molecule has 0 saturated carbocycles. The Morgan fingerprint density at radius 3 is 1.52 bits per heavy atom. The Kier molecular flexibility index (Phi) is 37.7. The van der Waals surface area contributed by atoms with Crippen molar-refractivity contribution >= 4 is 13.8 Å². The van der Waals surface area contributed by atoms with Gasteiger partial charge >= 0.3 is 5.97 Å². The molecule has 9 heteroatoms. The number of phosphoric acid groups is 1. The Hall–Kier alpha value is -1.28. The molecule has 0 bridgehead atoms. The van der Waals surface area contributed by atoms with Crippen molar-refractivity contribution in [2.75, 3.05) is 54.1 Å². The van der Waals surface area contributed by atoms with Gasteiger partial charge in [-0.15, -0.1) is 0 Å². The highest BCUT2D eigenvalue weighted by molar-refractivity contribution is 7.45. The first-order valence-corrected chi connectivity index (χ1v) is 23.7. The van der Waals surface area contributed by atoms with Gasteiger partial charge in [0, 0.05) is 13.0 Å². The fraction of sp³-hybridized carbons (Fsp3) is 0.844. The van der Waals surface area contributed by atoms with Crippen LogP contribution in [0.2, 0.25) is 0 Å². The summed E-state index contributed by atoms with van der Waals surface area (Å²) in [5.74, 6) is -0.344. The van der Waals surface area contributed by atoms with E-state index in [2.05, 4.69) is 50.3 Å². The maximum atomic E-state index is 12.5. The number of unbranched alkanes of at least 4 members (excludes halogenated alkanes) is 21. The first-order valence-electron chi connectivity index (χ1n) is 22.2. The summed E-state index contributed by atoms with van der Waals surface area (Å²) in [5, 5.41) is 0. The monoisotopic (exact) mass is 784 g/mol. The third kappa shape index (κ3) is 41.9. The third-order valence-electron chi connectivity index (χ3n) is 9.44. The van der Waals surface area contributed by atoms with Crippen molar-refractivity contribution in [1.29, 1.82) is 0 Å². The molecule has 0 radical (unpaired) electrons. The summed E-state index contributed by atoms with van der Waals surface area (Å²) in [4.78, 5) is 24.8. The predicted octanol–water partition coefficient (Wildman–Crippen LogP) is 12.4. The standard InChI is InChI=1S/C45H86NO7P/c1-6-8-10-12-14-15-16-17-18-19-20-21-22-23-24-25-26-27-28-29-30-31-32-33-35-37-40-50-42-44(53-45(47)38-36-34-13-11-9-7-2)43-52-54(48,49)51-41-39-46(3,4)5/h16-17,19-20,22-23,44H,6-15,18,21,24-43H2,1-5H3/b17-16-,20-19-,23-22-. The molecule has 0 fully saturated rings. The number of allylic oxidation sites excluding steroid dienone is 6. The van der Waals surface area contributed by atoms with Gasteiger partial charge in [0.15, 0.2) is 0 Å². The third-order valence-corrected chi connectivity index (χ3v) is 10.4. The lowest BCUT2D eigenvalue weighted by Crippen LogP contribution is -2.37. The summed E-state index contributed by atoms with van der Waals surface area (Å²) >= 11 is 0. The Morgan fingerprint density at radius 2 is 1.02 bits per heavy atom. The Balaban J connectivity index is 3.95. The molecule has 0 rings (SSSR count). The minimum absolute atomic E-state index is 0.0259. The van der Waals surface area contributed by atoms with Crippen LogP contribution in [0, 0.1) is 0 Å². The quantitative estimate of drug-likeness (QED) is 0.0200. The van der Waals surface area contributed by atoms with E-state index in [4.69, 9.17) is 18.5 Å². The van der Waals surface area contributed by atoms with Crippen LogP contribution >= 0.6 is 7.82 Å². The van der Waals surface area contributed by atoms with Crippen LogP contribution in [-0.2, 0) is 27.9 Å². The molecule has 318 valence electrons. The lowest BCUT2D eigenvalue weighted by molar-refractivity contribution is -0.870. The fourth-order valence-electron chi connectivity index (χ4n) is 5.96. The number of likely N-dealkylation sites (N-methyl/N-ethyl adjacent to an activating group) is 1. The zero-order valence-corrected chi connectivity index (χ0v) is 36.8. The lowest BCUT2D eigenvalue weighted by Gasteiger charge is -2.28. The second-order valence-electron chi connectivity index (χ2n) is 16.1. The van der Waals surface area contributed by atoms with Crippen molar-refractivity contribution in [2.45, 2.75) is 193 Å². The number of hydrogen-bond acceptors (Lipinski definition) is 7. The van der Waals surface area contributed by atoms with Crippen molar-refractivity contribution < 1.29 is 37.3 Å². The van der Waals surface area contributed by atoms with Gasteiger partial charge in [-0.3, -0.25) is 9.36 Å². The van der Waals surface area contributed by atoms with Gasteiger partial charge in [-0.2, -0.15) is 0 Å². The molecule has 2 unspecified atom stereocenters. The zero-order valence-electron chi connectivity index (χ0n) is 35.9. The van der Waals surface area contributed by atoms with Crippen LogP contribution in [0.1, 0.15) is 187 Å². The van der Waals surface area contributed by atoms with Crippen molar-refractivity contribution in [3.05, 3.63) is 36.5 Å². The molecule has 0 aliphatic heterocycles. The van der Waals surface area contributed by atoms with E-state index in [1.807, 2.05) is 21.1 Å². The van der Waals surface area contributed by atoms with E-state index in [-0.39, 0.29) is 25.8 Å². The van der Waals surface area contributed by atoms with Gasteiger partial charge in [-0.25, -0.2) is 0 Å². The van der Waals surface area contributed by atoms with Gasteiger partial charge in [0.05, 0.1) is 34.4 Å². The van der Waals surface area contributed by atoms with Gasteiger partial charge in [0.25, 0.3) is 7.82 Å². The van der Waals surface area contributed by atoms with Crippen LogP contribution in [0.15, 0.2) is 36.5 Å². The summed E-state index contributed by atoms with van der Waals surface area (Å²) in [7, 11) is 1.35. The molecular formula is C45H86NO7P. The predicted molar refractivity (Wildman–Crippen MR) is 227 cm³/mol. The molecular weight excluding hydrogens is 697 g/mol. The number of rotatable bonds is 41. The largest absolute Gasteiger partial charge is 0.756 e. The number of esters is 1. The van der Waals surface area contributed by atoms with Gasteiger partial charge in [0.2, 0.25) is 0 Å². The molecule has 0 aliphatic rings. The van der Waals surface area contributed by atoms with Crippen LogP contribution in [-0.4, -0.2) is 70.7 Å². The highest BCUT2D eigenvalue weighted by Crippen LogP contribution is 2.38. The second-order valence-corrected chi connectivity index (χ2v) is 17.5. The molecule has 8 nitrogen and oxygen atoms in total. The summed E-state index contributed by atoms with van der Waals surface area (Å²) in [5.41, 5.74) is 0. The number of phosphoric ester groups is 1. The molecule has 0 aromatic heterocycles. The first-order chi connectivity index (χ1) is 26.1. The SMILES string of the molecule is CCCCCCC/C=C\C/C=C\C/C=C\CCCCCCCCCCCCCOCC(COP(=O)([O-])OCC[N+](C)(C)C)OC(=O)CCCCCCCC. The lowest BCUT2D eigenvalue weighted by atomic mass is 10.1. The molecule has 0 amide bonds. The summed E-state index contributed by atoms with van der Waals surface area (Å²) in [6, 6.07) is 0. The number of ether oxygens (including phenoxy) is 2. The first kappa shape index (κ1) is 52.7. The molecule has 2 atom stereocenters. The second kappa shape index (κ2) is 38.6. The van der Waals surface area contributed by atoms with Crippen LogP contribution < -0.4 is 4.89 Å². The van der Waals surface area contributed by atoms with Crippen molar-refractivity contribution in [1.82, 2.24) is 0 Å². The molecule has 0 spiro atoms. The molecule has 0 heterocycles. The van der Waals surface area contributed by atoms with Gasteiger partial charge in [-0.05, 0) is 51.4 Å². The minimum Gasteiger partial charge on any atom is -0.756 e. The molecule has 54 heavy (non-hydrogen) atoms. The van der Waals surface area contributed by atoms with Gasteiger partial charge in [0.1, 0.15) is 19.3 Å². The van der Waals surface area contributed by atoms with Gasteiger partial charge < -0.3 is 27.9 Å². The Morgan fingerprint density at radius 1 is 0.574 bits per heavy atom. The van der Waals surface area contributed by atoms with Crippen molar-refractivity contribution in [3.63, 3.8) is 0 Å². The Labute approximate surface area is 334 Å². The van der Waals surface area contributed by atoms with Gasteiger partial charge in [-0.1, -0.05) is 166 Å². The van der Waals surface area contributed by atoms with E-state index in [1.54, 1.807) is 0 Å². The number of quaternary nitrogens is 1. The van der Waals surface area contributed by atoms with Crippen LogP contribution in [0.4, 0.5) is 0 Å². The average Bonchev–Trinajstić information content (AvgIpc) is 3.12. The number of carbonyl (C=O) groups is 1. The van der Waals surface area contributed by atoms with E-state index >= 15 is 0 Å². The topological polar surface area (TPSA) is 94.1 Å². The van der Waals surface area contributed by atoms with Crippen LogP contribution in [0.25, 0.3) is 0 Å². The smallest absolute Gasteiger partial charge is 0.306 e. The van der Waals surface area contributed by atoms with E-state index in [1.165, 1.54) is 122 Å². The molecule has 0 N–H and O–H groups in total. The highest BCUT2D eigenvalue weighted by Gasteiger charge is 2.20. The minimum atomic E-state index is -4.51. The molecule has 0 saturated heterocycles. The fourth-order valence-corrected chi connectivity index (χ4v) is 6.69. The summed E-state index contributed by atoms with van der Waals surface area (Å²) in [6.07, 6.45) is 44.8. The van der Waals surface area contributed by atoms with E-state index in [0.717, 1.165) is 44.9 Å². The highest BCUT2D eigenvalue weighted by atomic mass is 31.2. The van der Waals surface area contributed by atoms with Crippen molar-refractivity contribution in [3.8, 4) is 0 Å². The molecule has 0 aromatic carbocycles. The molecule has 0 aromatic rings. The number of hydrogen-bond donors (Lipinski definition) is 0. The zero-order chi connectivity index (χ0) is 39.9. The van der Waals surface area contributed by atoms with Crippen LogP contribution in [0.5, 0.6) is 0 Å². The summed E-state index contributed by atoms with van der Waals surface area (Å²) in [6.45, 7) is 5.33. The summed E-state index contributed by atoms with van der Waals surface area (Å²) < 4.78 is 34.4. The van der Waals surface area contributed by atoms with Crippen molar-refractivity contribution in [2.24, 2.45) is 0 Å². The molecule has 0 aliphatic carbocycles. The number of nitrogens with zero attached hydrogens (tertiary/aromatic N) is 1. The maximum Gasteiger partial charge on any atom is 0.306 e. The average molecular weight is 784 g/mol. The normalized spacial score (nSPS) is 14.1. The maximum absolute atomic E-state index is 12.5. The van der Waals surface area contributed by atoms with E-state index in [9.17, 15) is 14.3 Å². The number of carbonyl (C=O) groups excluding carboxylic acids is 1. The van der Waals surface area contributed by atoms with Crippen LogP contribution in [0.3, 0.4) is 0 Å². The van der Waals surface area contributed by atoms with E-state index < -0.39 is 13.9 Å².